The monoisotopic (exact) mass is 656 g/mol. The van der Waals surface area contributed by atoms with Crippen molar-refractivity contribution in [1.29, 1.82) is 0 Å². The summed E-state index contributed by atoms with van der Waals surface area (Å²) < 4.78 is 31.4. The van der Waals surface area contributed by atoms with E-state index in [0.717, 1.165) is 16.7 Å². The van der Waals surface area contributed by atoms with Crippen LogP contribution in [-0.2, 0) is 34.1 Å². The average molecular weight is 657 g/mol. The number of carbonyl (C=O) groups is 2. The lowest BCUT2D eigenvalue weighted by atomic mass is 9.80. The van der Waals surface area contributed by atoms with Gasteiger partial charge in [-0.2, -0.15) is 0 Å². The van der Waals surface area contributed by atoms with Crippen molar-refractivity contribution in [3.05, 3.63) is 134 Å². The van der Waals surface area contributed by atoms with Crippen molar-refractivity contribution in [2.45, 2.75) is 57.6 Å². The van der Waals surface area contributed by atoms with Gasteiger partial charge in [0.25, 0.3) is 5.56 Å². The van der Waals surface area contributed by atoms with E-state index < -0.39 is 53.1 Å². The second-order valence-corrected chi connectivity index (χ2v) is 11.7. The predicted octanol–water partition coefficient (Wildman–Crippen LogP) is 4.65. The van der Waals surface area contributed by atoms with Crippen LogP contribution in [-0.4, -0.2) is 54.0 Å². The zero-order valence-electron chi connectivity index (χ0n) is 27.4. The van der Waals surface area contributed by atoms with Gasteiger partial charge in [-0.1, -0.05) is 72.8 Å². The molecule has 2 heterocycles. The van der Waals surface area contributed by atoms with Gasteiger partial charge in [-0.15, -0.1) is 0 Å². The summed E-state index contributed by atoms with van der Waals surface area (Å²) >= 11 is 0. The van der Waals surface area contributed by atoms with Gasteiger partial charge in [-0.05, 0) is 48.6 Å². The number of hydrogen-bond acceptors (Lipinski definition) is 9. The molecule has 0 aliphatic carbocycles. The number of carbonyl (C=O) groups excluding carboxylic acids is 2. The molecule has 3 aromatic carbocycles. The van der Waals surface area contributed by atoms with Crippen LogP contribution in [0.25, 0.3) is 0 Å². The number of nitrogens with zero attached hydrogens (tertiary/aromatic N) is 1. The SMILES string of the molecule is COc1ccc(C(OC[C@H]2O[C@@H](n3cc(C)c(=O)[nH]c3=O)[C@H](OC(C)=O)[C@@H]2CCCOC(C)=O)(c2ccccc2)c2ccccc2)cc1. The molecule has 1 aromatic heterocycles. The number of rotatable bonds is 13. The number of ether oxygens (including phenoxy) is 5. The molecule has 5 rings (SSSR count). The first-order valence-electron chi connectivity index (χ1n) is 15.8. The van der Waals surface area contributed by atoms with Gasteiger partial charge < -0.3 is 23.7 Å². The topological polar surface area (TPSA) is 135 Å². The van der Waals surface area contributed by atoms with E-state index in [-0.39, 0.29) is 18.8 Å². The smallest absolute Gasteiger partial charge is 0.330 e. The third-order valence-electron chi connectivity index (χ3n) is 8.53. The molecule has 0 radical (unpaired) electrons. The molecule has 4 aromatic rings. The van der Waals surface area contributed by atoms with Crippen LogP contribution >= 0.6 is 0 Å². The van der Waals surface area contributed by atoms with Crippen molar-refractivity contribution in [2.24, 2.45) is 5.92 Å². The highest BCUT2D eigenvalue weighted by Gasteiger charge is 2.49. The average Bonchev–Trinajstić information content (AvgIpc) is 3.41. The van der Waals surface area contributed by atoms with Crippen molar-refractivity contribution in [3.63, 3.8) is 0 Å². The second kappa shape index (κ2) is 15.3. The van der Waals surface area contributed by atoms with E-state index in [2.05, 4.69) is 4.98 Å². The van der Waals surface area contributed by atoms with Crippen LogP contribution in [0.5, 0.6) is 5.75 Å². The summed E-state index contributed by atoms with van der Waals surface area (Å²) in [5, 5.41) is 0. The second-order valence-electron chi connectivity index (χ2n) is 11.7. The van der Waals surface area contributed by atoms with Crippen LogP contribution in [0.15, 0.2) is 101 Å². The molecule has 0 unspecified atom stereocenters. The van der Waals surface area contributed by atoms with E-state index in [0.29, 0.717) is 18.6 Å². The van der Waals surface area contributed by atoms with Crippen molar-refractivity contribution in [3.8, 4) is 5.75 Å². The highest BCUT2D eigenvalue weighted by molar-refractivity contribution is 5.66. The third kappa shape index (κ3) is 7.42. The summed E-state index contributed by atoms with van der Waals surface area (Å²) in [6.07, 6.45) is -0.417. The molecule has 4 atom stereocenters. The molecule has 0 saturated carbocycles. The maximum atomic E-state index is 13.1. The number of aryl methyl sites for hydroxylation is 1. The Hall–Kier alpha value is -5.00. The maximum absolute atomic E-state index is 13.1. The number of benzene rings is 3. The van der Waals surface area contributed by atoms with Gasteiger partial charge >= 0.3 is 17.6 Å². The summed E-state index contributed by atoms with van der Waals surface area (Å²) in [4.78, 5) is 51.5. The Kier molecular flexibility index (Phi) is 10.9. The van der Waals surface area contributed by atoms with Crippen LogP contribution in [0.1, 0.15) is 55.2 Å². The Labute approximate surface area is 278 Å². The van der Waals surface area contributed by atoms with Gasteiger partial charge in [0.15, 0.2) is 12.3 Å². The number of aromatic nitrogens is 2. The highest BCUT2D eigenvalue weighted by atomic mass is 16.6. The Balaban J connectivity index is 1.60. The lowest BCUT2D eigenvalue weighted by molar-refractivity contribution is -0.154. The Morgan fingerprint density at radius 1 is 0.875 bits per heavy atom. The third-order valence-corrected chi connectivity index (χ3v) is 8.53. The normalized spacial score (nSPS) is 19.1. The zero-order valence-corrected chi connectivity index (χ0v) is 27.4. The molecular formula is C37H40N2O9. The molecular weight excluding hydrogens is 616 g/mol. The highest BCUT2D eigenvalue weighted by Crippen LogP contribution is 2.44. The lowest BCUT2D eigenvalue weighted by Gasteiger charge is -2.37. The molecule has 0 spiro atoms. The Morgan fingerprint density at radius 2 is 1.48 bits per heavy atom. The number of H-pyrrole nitrogens is 1. The molecule has 1 fully saturated rings. The van der Waals surface area contributed by atoms with Gasteiger partial charge in [0, 0.05) is 31.5 Å². The minimum Gasteiger partial charge on any atom is -0.497 e. The summed E-state index contributed by atoms with van der Waals surface area (Å²) in [6.45, 7) is 4.36. The van der Waals surface area contributed by atoms with Crippen LogP contribution in [0, 0.1) is 12.8 Å². The van der Waals surface area contributed by atoms with E-state index in [1.807, 2.05) is 84.9 Å². The fourth-order valence-electron chi connectivity index (χ4n) is 6.29. The molecule has 252 valence electrons. The lowest BCUT2D eigenvalue weighted by Crippen LogP contribution is -2.39. The summed E-state index contributed by atoms with van der Waals surface area (Å²) in [6, 6.07) is 27.3. The maximum Gasteiger partial charge on any atom is 0.330 e. The van der Waals surface area contributed by atoms with Gasteiger partial charge in [0.2, 0.25) is 0 Å². The summed E-state index contributed by atoms with van der Waals surface area (Å²) in [5.41, 5.74) is 0.530. The number of aromatic amines is 1. The van der Waals surface area contributed by atoms with E-state index in [1.165, 1.54) is 24.6 Å². The summed E-state index contributed by atoms with van der Waals surface area (Å²) in [5.74, 6) is -0.754. The van der Waals surface area contributed by atoms with Crippen molar-refractivity contribution in [2.75, 3.05) is 20.3 Å². The van der Waals surface area contributed by atoms with Crippen LogP contribution in [0.2, 0.25) is 0 Å². The predicted molar refractivity (Wildman–Crippen MR) is 177 cm³/mol. The van der Waals surface area contributed by atoms with Crippen LogP contribution in [0.4, 0.5) is 0 Å². The van der Waals surface area contributed by atoms with Crippen molar-refractivity contribution >= 4 is 11.9 Å². The fourth-order valence-corrected chi connectivity index (χ4v) is 6.29. The minimum absolute atomic E-state index is 0.0133. The van der Waals surface area contributed by atoms with Crippen LogP contribution in [0.3, 0.4) is 0 Å². The van der Waals surface area contributed by atoms with Gasteiger partial charge in [0.05, 0.1) is 26.4 Å². The quantitative estimate of drug-likeness (QED) is 0.124. The molecule has 0 amide bonds. The van der Waals surface area contributed by atoms with E-state index in [4.69, 9.17) is 23.7 Å². The van der Waals surface area contributed by atoms with Gasteiger partial charge in [0.1, 0.15) is 11.4 Å². The molecule has 11 nitrogen and oxygen atoms in total. The molecule has 1 aliphatic rings. The first-order chi connectivity index (χ1) is 23.1. The molecule has 1 aliphatic heterocycles. The molecule has 1 saturated heterocycles. The first-order valence-corrected chi connectivity index (χ1v) is 15.8. The first kappa shape index (κ1) is 34.3. The number of hydrogen-bond donors (Lipinski definition) is 1. The van der Waals surface area contributed by atoms with E-state index in [9.17, 15) is 19.2 Å². The fraction of sp³-hybridized carbons (Fsp3) is 0.351. The number of esters is 2. The molecule has 1 N–H and O–H groups in total. The zero-order chi connectivity index (χ0) is 34.3. The standard InChI is InChI=1S/C37H40N2O9/c1-24-22-39(36(43)38-34(24)42)35-33(47-26(3)41)31(16-11-21-45-25(2)40)32(48-35)23-46-37(27-12-7-5-8-13-27,28-14-9-6-10-15-28)29-17-19-30(44-4)20-18-29/h5-10,12-15,17-20,22,31-33,35H,11,16,21,23H2,1-4H3,(H,38,42,43)/t31-,32-,33-,35-/m1/s1. The minimum atomic E-state index is -1.11. The largest absolute Gasteiger partial charge is 0.497 e. The number of nitrogens with one attached hydrogen (secondary N) is 1. The summed E-state index contributed by atoms with van der Waals surface area (Å²) in [7, 11) is 1.61. The van der Waals surface area contributed by atoms with Crippen molar-refractivity contribution in [1.82, 2.24) is 9.55 Å². The van der Waals surface area contributed by atoms with E-state index >= 15 is 0 Å². The molecule has 11 heteroatoms. The molecule has 48 heavy (non-hydrogen) atoms. The van der Waals surface area contributed by atoms with Gasteiger partial charge in [-0.3, -0.25) is 23.9 Å². The van der Waals surface area contributed by atoms with E-state index in [1.54, 1.807) is 14.0 Å². The Morgan fingerprint density at radius 3 is 2.04 bits per heavy atom. The molecule has 0 bridgehead atoms. The van der Waals surface area contributed by atoms with Gasteiger partial charge in [-0.25, -0.2) is 4.79 Å². The number of methoxy groups -OCH3 is 1. The van der Waals surface area contributed by atoms with Crippen LogP contribution < -0.4 is 16.0 Å². The van der Waals surface area contributed by atoms with Crippen molar-refractivity contribution < 1.29 is 33.3 Å². The Bertz CT molecular complexity index is 1760.